The molecule has 5 heteroatoms. The molecule has 0 N–H and O–H groups in total. The van der Waals surface area contributed by atoms with Crippen LogP contribution in [0.25, 0.3) is 0 Å². The molecule has 1 atom stereocenters. The molecule has 0 aromatic heterocycles. The third-order valence-corrected chi connectivity index (χ3v) is 8.21. The molecule has 0 amide bonds. The van der Waals surface area contributed by atoms with Crippen LogP contribution in [0.3, 0.4) is 0 Å². The molecule has 0 spiro atoms. The Morgan fingerprint density at radius 3 is 2.00 bits per heavy atom. The Morgan fingerprint density at radius 1 is 1.10 bits per heavy atom. The highest BCUT2D eigenvalue weighted by Crippen LogP contribution is 2.37. The van der Waals surface area contributed by atoms with Gasteiger partial charge in [0.05, 0.1) is 7.11 Å². The smallest absolute Gasteiger partial charge is 0.346 e. The summed E-state index contributed by atoms with van der Waals surface area (Å²) in [6.07, 6.45) is -0.623. The van der Waals surface area contributed by atoms with Crippen LogP contribution in [0.5, 0.6) is 11.5 Å². The molecule has 1 aromatic rings. The summed E-state index contributed by atoms with van der Waals surface area (Å²) < 4.78 is 16.3. The van der Waals surface area contributed by atoms with E-state index in [9.17, 15) is 4.79 Å². The summed E-state index contributed by atoms with van der Waals surface area (Å²) in [5.41, 5.74) is 0. The summed E-state index contributed by atoms with van der Waals surface area (Å²) in [4.78, 5) is 11.3. The summed E-state index contributed by atoms with van der Waals surface area (Å²) >= 11 is 0. The lowest BCUT2D eigenvalue weighted by atomic mass is 10.2. The van der Waals surface area contributed by atoms with E-state index in [1.54, 1.807) is 6.92 Å². The van der Waals surface area contributed by atoms with Crippen molar-refractivity contribution >= 4 is 14.3 Å². The van der Waals surface area contributed by atoms with Crippen molar-refractivity contribution in [3.63, 3.8) is 0 Å². The minimum atomic E-state index is -1.83. The molecule has 21 heavy (non-hydrogen) atoms. The van der Waals surface area contributed by atoms with Gasteiger partial charge in [0.1, 0.15) is 11.5 Å². The normalized spacial score (nSPS) is 13.5. The van der Waals surface area contributed by atoms with Gasteiger partial charge in [0.25, 0.3) is 0 Å². The maximum Gasteiger partial charge on any atom is 0.346 e. The number of rotatable bonds is 5. The van der Waals surface area contributed by atoms with Gasteiger partial charge in [0, 0.05) is 0 Å². The highest BCUT2D eigenvalue weighted by Gasteiger charge is 2.38. The summed E-state index contributed by atoms with van der Waals surface area (Å²) in [7, 11) is -0.488. The standard InChI is InChI=1S/C16H26O4Si/c1-12(15(17)18-5)19-13-8-10-14(11-9-13)20-21(6,7)16(2,3)4/h8-12H,1-7H3/t12-/m1/s1. The van der Waals surface area contributed by atoms with Crippen LogP contribution >= 0.6 is 0 Å². The van der Waals surface area contributed by atoms with E-state index in [1.807, 2.05) is 24.3 Å². The molecule has 4 nitrogen and oxygen atoms in total. The number of ether oxygens (including phenoxy) is 2. The predicted octanol–water partition coefficient (Wildman–Crippen LogP) is 4.01. The van der Waals surface area contributed by atoms with E-state index in [2.05, 4.69) is 38.6 Å². The maximum atomic E-state index is 11.3. The van der Waals surface area contributed by atoms with Crippen LogP contribution in [0.4, 0.5) is 0 Å². The van der Waals surface area contributed by atoms with Gasteiger partial charge in [-0.3, -0.25) is 0 Å². The molecule has 1 rings (SSSR count). The minimum Gasteiger partial charge on any atom is -0.543 e. The van der Waals surface area contributed by atoms with Crippen molar-refractivity contribution in [3.8, 4) is 11.5 Å². The average molecular weight is 310 g/mol. The molecule has 0 fully saturated rings. The largest absolute Gasteiger partial charge is 0.543 e. The van der Waals surface area contributed by atoms with Gasteiger partial charge in [-0.25, -0.2) is 4.79 Å². The Labute approximate surface area is 128 Å². The third kappa shape index (κ3) is 4.77. The molecule has 0 bridgehead atoms. The lowest BCUT2D eigenvalue weighted by molar-refractivity contribution is -0.147. The fourth-order valence-electron chi connectivity index (χ4n) is 1.45. The van der Waals surface area contributed by atoms with Crippen molar-refractivity contribution in [2.75, 3.05) is 7.11 Å². The van der Waals surface area contributed by atoms with Crippen molar-refractivity contribution in [2.45, 2.75) is 51.9 Å². The van der Waals surface area contributed by atoms with E-state index in [4.69, 9.17) is 9.16 Å². The van der Waals surface area contributed by atoms with Crippen LogP contribution in [0.2, 0.25) is 18.1 Å². The number of esters is 1. The van der Waals surface area contributed by atoms with Gasteiger partial charge in [-0.05, 0) is 49.3 Å². The van der Waals surface area contributed by atoms with Gasteiger partial charge in [-0.1, -0.05) is 20.8 Å². The number of benzene rings is 1. The first-order valence-corrected chi connectivity index (χ1v) is 10.0. The lowest BCUT2D eigenvalue weighted by Crippen LogP contribution is -2.43. The average Bonchev–Trinajstić information content (AvgIpc) is 2.38. The van der Waals surface area contributed by atoms with E-state index in [-0.39, 0.29) is 5.04 Å². The Kier molecular flexibility index (Phi) is 5.45. The Balaban J connectivity index is 2.73. The summed E-state index contributed by atoms with van der Waals surface area (Å²) in [6.45, 7) is 12.7. The van der Waals surface area contributed by atoms with E-state index in [1.165, 1.54) is 7.11 Å². The first-order chi connectivity index (χ1) is 9.56. The number of methoxy groups -OCH3 is 1. The fraction of sp³-hybridized carbons (Fsp3) is 0.562. The van der Waals surface area contributed by atoms with Crippen molar-refractivity contribution in [3.05, 3.63) is 24.3 Å². The van der Waals surface area contributed by atoms with E-state index >= 15 is 0 Å². The van der Waals surface area contributed by atoms with Crippen LogP contribution in [0.1, 0.15) is 27.7 Å². The molecule has 0 saturated heterocycles. The van der Waals surface area contributed by atoms with Crippen LogP contribution in [-0.2, 0) is 9.53 Å². The fourth-order valence-corrected chi connectivity index (χ4v) is 2.48. The highest BCUT2D eigenvalue weighted by molar-refractivity contribution is 6.74. The molecule has 0 unspecified atom stereocenters. The first-order valence-electron chi connectivity index (χ1n) is 7.10. The molecule has 1 aromatic carbocycles. The van der Waals surface area contributed by atoms with E-state index < -0.39 is 20.4 Å². The lowest BCUT2D eigenvalue weighted by Gasteiger charge is -2.36. The number of carbonyl (C=O) groups excluding carboxylic acids is 1. The van der Waals surface area contributed by atoms with Gasteiger partial charge >= 0.3 is 5.97 Å². The monoisotopic (exact) mass is 310 g/mol. The molecule has 0 heterocycles. The van der Waals surface area contributed by atoms with Gasteiger partial charge in [0.2, 0.25) is 8.32 Å². The van der Waals surface area contributed by atoms with Gasteiger partial charge in [-0.2, -0.15) is 0 Å². The zero-order valence-corrected chi connectivity index (χ0v) is 15.0. The topological polar surface area (TPSA) is 44.8 Å². The van der Waals surface area contributed by atoms with Crippen molar-refractivity contribution < 1.29 is 18.7 Å². The van der Waals surface area contributed by atoms with Crippen LogP contribution in [0, 0.1) is 0 Å². The van der Waals surface area contributed by atoms with E-state index in [0.29, 0.717) is 5.75 Å². The molecule has 0 radical (unpaired) electrons. The van der Waals surface area contributed by atoms with Gasteiger partial charge < -0.3 is 13.9 Å². The predicted molar refractivity (Wildman–Crippen MR) is 86.4 cm³/mol. The summed E-state index contributed by atoms with van der Waals surface area (Å²) in [5.74, 6) is 1.06. The highest BCUT2D eigenvalue weighted by atomic mass is 28.4. The first kappa shape index (κ1) is 17.6. The third-order valence-electron chi connectivity index (χ3n) is 3.85. The molecular weight excluding hydrogens is 284 g/mol. The van der Waals surface area contributed by atoms with Crippen LogP contribution < -0.4 is 9.16 Å². The van der Waals surface area contributed by atoms with E-state index in [0.717, 1.165) is 5.75 Å². The number of carbonyl (C=O) groups is 1. The molecule has 0 aliphatic heterocycles. The second-order valence-corrected chi connectivity index (χ2v) is 11.3. The second kappa shape index (κ2) is 6.51. The molecule has 0 saturated carbocycles. The molecule has 0 aliphatic carbocycles. The number of hydrogen-bond donors (Lipinski definition) is 0. The van der Waals surface area contributed by atoms with Gasteiger partial charge in [-0.15, -0.1) is 0 Å². The molecule has 118 valence electrons. The molecular formula is C16H26O4Si. The Hall–Kier alpha value is -1.49. The SMILES string of the molecule is COC(=O)[C@@H](C)Oc1ccc(O[Si](C)(C)C(C)(C)C)cc1. The zero-order valence-electron chi connectivity index (χ0n) is 14.0. The van der Waals surface area contributed by atoms with Crippen LogP contribution in [-0.4, -0.2) is 27.5 Å². The van der Waals surface area contributed by atoms with Crippen molar-refractivity contribution in [1.82, 2.24) is 0 Å². The van der Waals surface area contributed by atoms with Crippen molar-refractivity contribution in [1.29, 1.82) is 0 Å². The summed E-state index contributed by atoms with van der Waals surface area (Å²) in [5, 5.41) is 0.154. The Morgan fingerprint density at radius 2 is 1.57 bits per heavy atom. The summed E-state index contributed by atoms with van der Waals surface area (Å²) in [6, 6.07) is 7.36. The Bertz CT molecular complexity index is 474. The quantitative estimate of drug-likeness (QED) is 0.609. The van der Waals surface area contributed by atoms with Gasteiger partial charge in [0.15, 0.2) is 6.10 Å². The molecule has 0 aliphatic rings. The number of hydrogen-bond acceptors (Lipinski definition) is 4. The van der Waals surface area contributed by atoms with Crippen LogP contribution in [0.15, 0.2) is 24.3 Å². The minimum absolute atomic E-state index is 0.154. The second-order valence-electron chi connectivity index (χ2n) is 6.62. The van der Waals surface area contributed by atoms with Crippen molar-refractivity contribution in [2.24, 2.45) is 0 Å². The zero-order chi connectivity index (χ0) is 16.3. The maximum absolute atomic E-state index is 11.3.